The highest BCUT2D eigenvalue weighted by molar-refractivity contribution is 5.56. The van der Waals surface area contributed by atoms with Crippen LogP contribution in [0.4, 0.5) is 4.79 Å². The van der Waals surface area contributed by atoms with Gasteiger partial charge in [0, 0.05) is 5.53 Å². The summed E-state index contributed by atoms with van der Waals surface area (Å²) in [7, 11) is 0. The van der Waals surface area contributed by atoms with Gasteiger partial charge >= 0.3 is 6.03 Å². The van der Waals surface area contributed by atoms with Gasteiger partial charge in [0.1, 0.15) is 0 Å². The highest BCUT2D eigenvalue weighted by Crippen LogP contribution is 2.05. The topological polar surface area (TPSA) is 87.8 Å². The van der Waals surface area contributed by atoms with Gasteiger partial charge in [-0.2, -0.15) is 10.0 Å². The molecule has 10 heavy (non-hydrogen) atoms. The van der Waals surface area contributed by atoms with Crippen LogP contribution in [0.5, 0.6) is 0 Å². The molecule has 0 saturated heterocycles. The van der Waals surface area contributed by atoms with Crippen molar-refractivity contribution in [2.45, 2.75) is 6.92 Å². The molecule has 0 fully saturated rings. The summed E-state index contributed by atoms with van der Waals surface area (Å²) >= 11 is 0. The number of urea groups is 1. The maximum Gasteiger partial charge on any atom is 0.612 e. The first kappa shape index (κ1) is 6.90. The summed E-state index contributed by atoms with van der Waals surface area (Å²) in [5.41, 5.74) is 1.96. The number of nitrogens with zero attached hydrogens (tertiary/aromatic N) is 3. The number of hydrogen-bond acceptors (Lipinski definition) is 5. The van der Waals surface area contributed by atoms with Gasteiger partial charge in [-0.1, -0.05) is 0 Å². The first-order valence-corrected chi connectivity index (χ1v) is 2.70. The summed E-state index contributed by atoms with van der Waals surface area (Å²) in [4.78, 5) is 10.4. The van der Waals surface area contributed by atoms with E-state index >= 15 is 0 Å². The van der Waals surface area contributed by atoms with Crippen LogP contribution in [0.1, 0.15) is 6.92 Å². The van der Waals surface area contributed by atoms with Crippen LogP contribution < -0.4 is 5.53 Å². The molecule has 0 aromatic rings. The molecule has 0 saturated carbocycles. The summed E-state index contributed by atoms with van der Waals surface area (Å²) in [5.74, 6) is 0. The van der Waals surface area contributed by atoms with Crippen LogP contribution in [0.2, 0.25) is 0 Å². The van der Waals surface area contributed by atoms with E-state index in [2.05, 4.69) is 5.22 Å². The van der Waals surface area contributed by atoms with E-state index in [-0.39, 0.29) is 11.4 Å². The van der Waals surface area contributed by atoms with E-state index < -0.39 is 10.8 Å². The minimum absolute atomic E-state index is 0.0566. The van der Waals surface area contributed by atoms with Crippen molar-refractivity contribution in [3.63, 3.8) is 0 Å². The van der Waals surface area contributed by atoms with Crippen molar-refractivity contribution in [3.05, 3.63) is 5.21 Å². The number of quaternary nitrogens is 1. The van der Waals surface area contributed by atoms with E-state index in [1.165, 1.54) is 0 Å². The third-order valence-electron chi connectivity index (χ3n) is 1.24. The zero-order valence-electron chi connectivity index (χ0n) is 5.31. The number of hydrogen-bond donors (Lipinski definition) is 2. The van der Waals surface area contributed by atoms with Gasteiger partial charge in [-0.05, 0) is 11.8 Å². The Morgan fingerprint density at radius 3 is 2.80 bits per heavy atom. The average molecular weight is 147 g/mol. The van der Waals surface area contributed by atoms with Crippen molar-refractivity contribution < 1.29 is 19.6 Å². The molecule has 1 unspecified atom stereocenters. The molecule has 0 spiro atoms. The van der Waals surface area contributed by atoms with Crippen LogP contribution >= 0.6 is 0 Å². The zero-order chi connectivity index (χ0) is 7.78. The number of carbonyl (C=O) groups excluding carboxylic acids is 1. The standard InChI is InChI=1S/C3H6N4O3/c1-2-7(10)3(8)6(9)4-5-7/h10H,2H2,1H3/p+1. The predicted molar refractivity (Wildman–Crippen MR) is 27.2 cm³/mol. The molecule has 2 N–H and O–H groups in total. The first-order valence-electron chi connectivity index (χ1n) is 2.70. The van der Waals surface area contributed by atoms with Gasteiger partial charge in [0.25, 0.3) is 0 Å². The van der Waals surface area contributed by atoms with Crippen LogP contribution in [-0.4, -0.2) is 27.4 Å². The van der Waals surface area contributed by atoms with Crippen molar-refractivity contribution in [2.24, 2.45) is 5.22 Å². The molecule has 0 radical (unpaired) electrons. The van der Waals surface area contributed by atoms with E-state index in [1.54, 1.807) is 6.92 Å². The van der Waals surface area contributed by atoms with Crippen LogP contribution in [-0.2, 0) is 0 Å². The molecule has 1 heterocycles. The summed E-state index contributed by atoms with van der Waals surface area (Å²) < 4.78 is -1.15. The molecule has 7 heteroatoms. The fourth-order valence-electron chi connectivity index (χ4n) is 0.548. The number of amides is 2. The lowest BCUT2D eigenvalue weighted by Gasteiger charge is -2.08. The Morgan fingerprint density at radius 2 is 2.60 bits per heavy atom. The molecule has 1 aliphatic rings. The molecule has 56 valence electrons. The van der Waals surface area contributed by atoms with E-state index in [0.29, 0.717) is 0 Å². The second-order valence-corrected chi connectivity index (χ2v) is 1.84. The van der Waals surface area contributed by atoms with Crippen molar-refractivity contribution in [3.8, 4) is 0 Å². The van der Waals surface area contributed by atoms with Gasteiger partial charge in [0.2, 0.25) is 0 Å². The van der Waals surface area contributed by atoms with Crippen molar-refractivity contribution in [2.75, 3.05) is 6.54 Å². The van der Waals surface area contributed by atoms with Gasteiger partial charge < -0.3 is 5.21 Å². The normalized spacial score (nSPS) is 31.8. The fraction of sp³-hybridized carbons (Fsp3) is 0.667. The van der Waals surface area contributed by atoms with Crippen LogP contribution in [0, 0.1) is 5.21 Å². The molecule has 0 aliphatic carbocycles. The molecule has 1 atom stereocenters. The summed E-state index contributed by atoms with van der Waals surface area (Å²) in [6.45, 7) is 1.60. The minimum Gasteiger partial charge on any atom is -0.684 e. The SMILES string of the molecule is CC[N+]1(O)NN=[N+]([O-])C1=O. The van der Waals surface area contributed by atoms with Crippen LogP contribution in [0.3, 0.4) is 0 Å². The molecular weight excluding hydrogens is 140 g/mol. The Hall–Kier alpha value is -1.21. The fourth-order valence-corrected chi connectivity index (χ4v) is 0.548. The van der Waals surface area contributed by atoms with Gasteiger partial charge in [0.05, 0.1) is 4.76 Å². The Kier molecular flexibility index (Phi) is 1.30. The maximum atomic E-state index is 10.6. The lowest BCUT2D eigenvalue weighted by atomic mass is 10.7. The Bertz CT molecular complexity index is 202. The van der Waals surface area contributed by atoms with Gasteiger partial charge in [-0.15, -0.1) is 0 Å². The summed E-state index contributed by atoms with van der Waals surface area (Å²) in [6.07, 6.45) is 0. The molecule has 0 bridgehead atoms. The third kappa shape index (κ3) is 0.719. The van der Waals surface area contributed by atoms with E-state index in [4.69, 9.17) is 5.21 Å². The minimum atomic E-state index is -1.15. The largest absolute Gasteiger partial charge is 0.684 e. The number of rotatable bonds is 1. The lowest BCUT2D eigenvalue weighted by molar-refractivity contribution is -1.07. The third-order valence-corrected chi connectivity index (χ3v) is 1.24. The second kappa shape index (κ2) is 1.89. The molecule has 0 aromatic carbocycles. The molecule has 1 rings (SSSR count). The zero-order valence-corrected chi connectivity index (χ0v) is 5.31. The van der Waals surface area contributed by atoms with Gasteiger partial charge in [-0.25, -0.2) is 0 Å². The first-order chi connectivity index (χ1) is 4.60. The smallest absolute Gasteiger partial charge is 0.612 e. The highest BCUT2D eigenvalue weighted by atomic mass is 16.7. The predicted octanol–water partition coefficient (Wildman–Crippen LogP) is -0.272. The number of nitrogens with one attached hydrogen (secondary N) is 1. The summed E-state index contributed by atoms with van der Waals surface area (Å²) in [5, 5.41) is 22.3. The monoisotopic (exact) mass is 147 g/mol. The van der Waals surface area contributed by atoms with Crippen molar-refractivity contribution >= 4 is 6.03 Å². The number of hydroxylamine groups is 3. The van der Waals surface area contributed by atoms with Crippen molar-refractivity contribution in [1.82, 2.24) is 5.53 Å². The van der Waals surface area contributed by atoms with E-state index in [1.807, 2.05) is 5.53 Å². The number of carbonyl (C=O) groups is 1. The van der Waals surface area contributed by atoms with Gasteiger partial charge in [0.15, 0.2) is 11.8 Å². The molecule has 7 nitrogen and oxygen atoms in total. The van der Waals surface area contributed by atoms with Crippen LogP contribution in [0.25, 0.3) is 0 Å². The quantitative estimate of drug-likeness (QED) is 0.231. The van der Waals surface area contributed by atoms with E-state index in [9.17, 15) is 10.0 Å². The molecule has 2 amide bonds. The lowest BCUT2D eigenvalue weighted by Crippen LogP contribution is -2.54. The average Bonchev–Trinajstić information content (AvgIpc) is 2.19. The van der Waals surface area contributed by atoms with Crippen LogP contribution in [0.15, 0.2) is 5.22 Å². The Balaban J connectivity index is 2.82. The highest BCUT2D eigenvalue weighted by Gasteiger charge is 2.49. The molecule has 0 aromatic heterocycles. The summed E-state index contributed by atoms with van der Waals surface area (Å²) in [6, 6.07) is -1.03. The van der Waals surface area contributed by atoms with Crippen molar-refractivity contribution in [1.29, 1.82) is 0 Å². The second-order valence-electron chi connectivity index (χ2n) is 1.84. The maximum absolute atomic E-state index is 10.6. The molecule has 1 aliphatic heterocycles. The molecular formula is C3H7N4O3+. The van der Waals surface area contributed by atoms with Gasteiger partial charge in [-0.3, -0.25) is 0 Å². The Labute approximate surface area is 56.2 Å². The van der Waals surface area contributed by atoms with E-state index in [0.717, 1.165) is 0 Å². The Morgan fingerprint density at radius 1 is 2.00 bits per heavy atom.